The quantitative estimate of drug-likeness (QED) is 0.416. The molecule has 1 rings (SSSR count). The second-order valence-corrected chi connectivity index (χ2v) is 2.11. The SMILES string of the molecule is CC1=C[N]SC1. The molecule has 2 heteroatoms. The summed E-state index contributed by atoms with van der Waals surface area (Å²) >= 11 is 1.61. The molecule has 0 atom stereocenters. The Balaban J connectivity index is 2.45. The summed E-state index contributed by atoms with van der Waals surface area (Å²) in [7, 11) is 0. The molecule has 0 amide bonds. The van der Waals surface area contributed by atoms with Crippen LogP contribution in [0.15, 0.2) is 11.8 Å². The summed E-state index contributed by atoms with van der Waals surface area (Å²) in [6.45, 7) is 2.09. The van der Waals surface area contributed by atoms with Crippen molar-refractivity contribution in [2.24, 2.45) is 0 Å². The monoisotopic (exact) mass is 100 g/mol. The Hall–Kier alpha value is -0.110. The van der Waals surface area contributed by atoms with Crippen LogP contribution in [0, 0.1) is 0 Å². The van der Waals surface area contributed by atoms with Crippen LogP contribution in [-0.2, 0) is 0 Å². The third-order valence-corrected chi connectivity index (χ3v) is 1.48. The van der Waals surface area contributed by atoms with Gasteiger partial charge in [0.1, 0.15) is 0 Å². The molecular formula is C4H6NS. The van der Waals surface area contributed by atoms with Gasteiger partial charge in [-0.1, -0.05) is 0 Å². The first kappa shape index (κ1) is 4.06. The van der Waals surface area contributed by atoms with Crippen LogP contribution in [0.5, 0.6) is 0 Å². The number of hydrogen-bond donors (Lipinski definition) is 0. The molecule has 0 aromatic carbocycles. The minimum Gasteiger partial charge on any atom is -0.224 e. The lowest BCUT2D eigenvalue weighted by Gasteiger charge is -1.76. The van der Waals surface area contributed by atoms with Crippen molar-refractivity contribution in [3.8, 4) is 0 Å². The summed E-state index contributed by atoms with van der Waals surface area (Å²) in [4.78, 5) is 0. The van der Waals surface area contributed by atoms with Crippen molar-refractivity contribution in [3.63, 3.8) is 0 Å². The average molecular weight is 100 g/mol. The van der Waals surface area contributed by atoms with Gasteiger partial charge in [0, 0.05) is 12.0 Å². The fourth-order valence-corrected chi connectivity index (χ4v) is 0.911. The van der Waals surface area contributed by atoms with Crippen molar-refractivity contribution in [1.82, 2.24) is 4.72 Å². The van der Waals surface area contributed by atoms with Gasteiger partial charge in [-0.05, 0) is 24.4 Å². The van der Waals surface area contributed by atoms with Gasteiger partial charge < -0.3 is 0 Å². The van der Waals surface area contributed by atoms with Crippen molar-refractivity contribution in [2.75, 3.05) is 5.75 Å². The second kappa shape index (κ2) is 1.56. The zero-order chi connectivity index (χ0) is 4.41. The predicted molar refractivity (Wildman–Crippen MR) is 28.3 cm³/mol. The zero-order valence-corrected chi connectivity index (χ0v) is 4.46. The van der Waals surface area contributed by atoms with Gasteiger partial charge in [-0.3, -0.25) is 0 Å². The van der Waals surface area contributed by atoms with Crippen LogP contribution in [0.4, 0.5) is 0 Å². The lowest BCUT2D eigenvalue weighted by molar-refractivity contribution is 1.35. The van der Waals surface area contributed by atoms with Crippen molar-refractivity contribution in [1.29, 1.82) is 0 Å². The van der Waals surface area contributed by atoms with Gasteiger partial charge >= 0.3 is 0 Å². The summed E-state index contributed by atoms with van der Waals surface area (Å²) in [6.07, 6.45) is 1.91. The molecule has 0 bridgehead atoms. The van der Waals surface area contributed by atoms with E-state index in [9.17, 15) is 0 Å². The van der Waals surface area contributed by atoms with Crippen LogP contribution in [0.3, 0.4) is 0 Å². The van der Waals surface area contributed by atoms with E-state index in [-0.39, 0.29) is 0 Å². The first-order chi connectivity index (χ1) is 2.89. The van der Waals surface area contributed by atoms with Crippen LogP contribution in [0.2, 0.25) is 0 Å². The van der Waals surface area contributed by atoms with Gasteiger partial charge in [0.25, 0.3) is 0 Å². The molecule has 0 spiro atoms. The van der Waals surface area contributed by atoms with Gasteiger partial charge in [0.05, 0.1) is 0 Å². The molecule has 0 saturated heterocycles. The van der Waals surface area contributed by atoms with Gasteiger partial charge in [0.15, 0.2) is 0 Å². The van der Waals surface area contributed by atoms with E-state index >= 15 is 0 Å². The highest BCUT2D eigenvalue weighted by Crippen LogP contribution is 2.11. The van der Waals surface area contributed by atoms with Gasteiger partial charge in [-0.2, -0.15) is 0 Å². The van der Waals surface area contributed by atoms with E-state index in [1.54, 1.807) is 11.9 Å². The molecule has 1 aliphatic heterocycles. The zero-order valence-electron chi connectivity index (χ0n) is 3.64. The van der Waals surface area contributed by atoms with Crippen molar-refractivity contribution < 1.29 is 0 Å². The first-order valence-electron chi connectivity index (χ1n) is 1.87. The molecule has 6 heavy (non-hydrogen) atoms. The molecule has 33 valence electrons. The standard InChI is InChI=1S/C4H6NS/c1-4-2-5-6-3-4/h2H,3H2,1H3. The maximum atomic E-state index is 3.92. The molecule has 1 heterocycles. The van der Waals surface area contributed by atoms with Crippen molar-refractivity contribution in [3.05, 3.63) is 11.8 Å². The molecule has 1 aliphatic rings. The minimum atomic E-state index is 1.10. The second-order valence-electron chi connectivity index (χ2n) is 1.35. The molecule has 0 aromatic rings. The van der Waals surface area contributed by atoms with E-state index in [0.717, 1.165) is 5.75 Å². The third kappa shape index (κ3) is 0.684. The van der Waals surface area contributed by atoms with Crippen LogP contribution in [0.25, 0.3) is 0 Å². The summed E-state index contributed by atoms with van der Waals surface area (Å²) in [6, 6.07) is 0. The maximum absolute atomic E-state index is 3.92. The molecular weight excluding hydrogens is 94.1 g/mol. The normalized spacial score (nSPS) is 19.8. The van der Waals surface area contributed by atoms with Crippen LogP contribution in [0.1, 0.15) is 6.92 Å². The summed E-state index contributed by atoms with van der Waals surface area (Å²) < 4.78 is 3.92. The fourth-order valence-electron chi connectivity index (χ4n) is 0.304. The van der Waals surface area contributed by atoms with Gasteiger partial charge in [-0.15, -0.1) is 0 Å². The molecule has 0 unspecified atom stereocenters. The molecule has 0 fully saturated rings. The number of rotatable bonds is 0. The lowest BCUT2D eigenvalue weighted by Crippen LogP contribution is -1.67. The molecule has 0 saturated carbocycles. The highest BCUT2D eigenvalue weighted by Gasteiger charge is 1.96. The van der Waals surface area contributed by atoms with E-state index in [4.69, 9.17) is 0 Å². The smallest absolute Gasteiger partial charge is 0.0378 e. The minimum absolute atomic E-state index is 1.10. The highest BCUT2D eigenvalue weighted by molar-refractivity contribution is 7.97. The van der Waals surface area contributed by atoms with Crippen molar-refractivity contribution in [2.45, 2.75) is 6.92 Å². The summed E-state index contributed by atoms with van der Waals surface area (Å²) in [5, 5.41) is 0. The van der Waals surface area contributed by atoms with Gasteiger partial charge in [0.2, 0.25) is 0 Å². The molecule has 0 aromatic heterocycles. The Morgan fingerprint density at radius 1 is 2.00 bits per heavy atom. The largest absolute Gasteiger partial charge is 0.224 e. The maximum Gasteiger partial charge on any atom is 0.0378 e. The number of nitrogens with zero attached hydrogens (tertiary/aromatic N) is 1. The van der Waals surface area contributed by atoms with E-state index in [1.165, 1.54) is 5.57 Å². The average Bonchev–Trinajstić information content (AvgIpc) is 1.86. The van der Waals surface area contributed by atoms with Crippen molar-refractivity contribution >= 4 is 11.9 Å². The first-order valence-corrected chi connectivity index (χ1v) is 2.81. The highest BCUT2D eigenvalue weighted by atomic mass is 32.2. The van der Waals surface area contributed by atoms with Gasteiger partial charge in [-0.25, -0.2) is 4.72 Å². The Labute approximate surface area is 41.9 Å². The van der Waals surface area contributed by atoms with Crippen LogP contribution >= 0.6 is 11.9 Å². The van der Waals surface area contributed by atoms with E-state index in [2.05, 4.69) is 11.6 Å². The topological polar surface area (TPSA) is 14.1 Å². The predicted octanol–water partition coefficient (Wildman–Crippen LogP) is 1.16. The molecule has 0 N–H and O–H groups in total. The van der Waals surface area contributed by atoms with Crippen LogP contribution < -0.4 is 4.72 Å². The summed E-state index contributed by atoms with van der Waals surface area (Å²) in [5.41, 5.74) is 1.38. The molecule has 1 nitrogen and oxygen atoms in total. The molecule has 1 radical (unpaired) electrons. The summed E-state index contributed by atoms with van der Waals surface area (Å²) in [5.74, 6) is 1.10. The Kier molecular flexibility index (Phi) is 1.05. The van der Waals surface area contributed by atoms with E-state index < -0.39 is 0 Å². The van der Waals surface area contributed by atoms with Crippen LogP contribution in [-0.4, -0.2) is 5.75 Å². The van der Waals surface area contributed by atoms with E-state index in [0.29, 0.717) is 0 Å². The Bertz CT molecular complexity index is 77.6. The molecule has 0 aliphatic carbocycles. The fraction of sp³-hybridized carbons (Fsp3) is 0.500. The number of hydrogen-bond acceptors (Lipinski definition) is 1. The Morgan fingerprint density at radius 2 is 2.83 bits per heavy atom. The third-order valence-electron chi connectivity index (χ3n) is 0.640. The van der Waals surface area contributed by atoms with E-state index in [1.807, 2.05) is 6.20 Å². The Morgan fingerprint density at radius 3 is 3.00 bits per heavy atom. The lowest BCUT2D eigenvalue weighted by atomic mass is 10.4.